The van der Waals surface area contributed by atoms with Crippen LogP contribution < -0.4 is 5.73 Å². The van der Waals surface area contributed by atoms with E-state index in [4.69, 9.17) is 17.3 Å². The molecule has 5 nitrogen and oxygen atoms in total. The van der Waals surface area contributed by atoms with Gasteiger partial charge in [0, 0.05) is 11.9 Å². The predicted molar refractivity (Wildman–Crippen MR) is 85.5 cm³/mol. The van der Waals surface area contributed by atoms with E-state index in [0.717, 1.165) is 40.3 Å². The Bertz CT molecular complexity index is 787. The minimum absolute atomic E-state index is 0.542. The van der Waals surface area contributed by atoms with Crippen LogP contribution in [0.3, 0.4) is 0 Å². The fraction of sp³-hybridized carbons (Fsp3) is 0.333. The maximum absolute atomic E-state index is 6.46. The van der Waals surface area contributed by atoms with E-state index in [0.29, 0.717) is 12.4 Å². The number of nitrogen functional groups attached to an aromatic ring is 1. The van der Waals surface area contributed by atoms with E-state index in [9.17, 15) is 0 Å². The van der Waals surface area contributed by atoms with Gasteiger partial charge >= 0.3 is 0 Å². The van der Waals surface area contributed by atoms with Gasteiger partial charge in [0.15, 0.2) is 5.82 Å². The molecule has 0 atom stereocenters. The first-order valence-electron chi connectivity index (χ1n) is 7.10. The van der Waals surface area contributed by atoms with Crippen molar-refractivity contribution in [1.82, 2.24) is 19.6 Å². The van der Waals surface area contributed by atoms with Crippen molar-refractivity contribution in [3.05, 3.63) is 40.7 Å². The first-order valence-corrected chi connectivity index (χ1v) is 7.48. The minimum atomic E-state index is 0.542. The first-order chi connectivity index (χ1) is 10.2. The van der Waals surface area contributed by atoms with Crippen molar-refractivity contribution >= 4 is 28.3 Å². The van der Waals surface area contributed by atoms with Crippen LogP contribution >= 0.6 is 11.6 Å². The molecule has 6 heteroatoms. The topological polar surface area (TPSA) is 61.7 Å². The number of fused-ring (bicyclic) bond motifs is 1. The molecule has 0 spiro atoms. The molecule has 2 heterocycles. The molecule has 110 valence electrons. The molecule has 0 aliphatic rings. The van der Waals surface area contributed by atoms with E-state index in [-0.39, 0.29) is 0 Å². The highest BCUT2D eigenvalue weighted by Gasteiger charge is 2.16. The Labute approximate surface area is 128 Å². The van der Waals surface area contributed by atoms with Gasteiger partial charge in [0.05, 0.1) is 28.5 Å². The third kappa shape index (κ3) is 2.27. The molecule has 0 saturated carbocycles. The summed E-state index contributed by atoms with van der Waals surface area (Å²) in [5.74, 6) is 0.542. The molecule has 21 heavy (non-hydrogen) atoms. The third-order valence-electron chi connectivity index (χ3n) is 3.68. The molecule has 0 fully saturated rings. The monoisotopic (exact) mass is 303 g/mol. The van der Waals surface area contributed by atoms with Crippen molar-refractivity contribution in [3.63, 3.8) is 0 Å². The summed E-state index contributed by atoms with van der Waals surface area (Å²) in [6.07, 6.45) is 0.820. The van der Waals surface area contributed by atoms with Crippen LogP contribution in [0.2, 0.25) is 5.02 Å². The van der Waals surface area contributed by atoms with Crippen LogP contribution in [0.15, 0.2) is 24.3 Å². The molecule has 0 saturated heterocycles. The lowest BCUT2D eigenvalue weighted by molar-refractivity contribution is 0.582. The van der Waals surface area contributed by atoms with Gasteiger partial charge in [-0.25, -0.2) is 0 Å². The average Bonchev–Trinajstić information content (AvgIpc) is 2.99. The third-order valence-corrected chi connectivity index (χ3v) is 4.12. The Hall–Kier alpha value is -2.01. The molecule has 3 rings (SSSR count). The highest BCUT2D eigenvalue weighted by atomic mass is 35.5. The van der Waals surface area contributed by atoms with Gasteiger partial charge in [-0.1, -0.05) is 30.7 Å². The van der Waals surface area contributed by atoms with Crippen molar-refractivity contribution in [1.29, 1.82) is 0 Å². The van der Waals surface area contributed by atoms with Gasteiger partial charge < -0.3 is 5.73 Å². The molecular weight excluding hydrogens is 286 g/mol. The molecule has 2 aromatic heterocycles. The fourth-order valence-corrected chi connectivity index (χ4v) is 2.91. The first kappa shape index (κ1) is 13.9. The summed E-state index contributed by atoms with van der Waals surface area (Å²) in [7, 11) is 0. The molecular formula is C15H18ClN5. The van der Waals surface area contributed by atoms with Crippen LogP contribution in [0.25, 0.3) is 10.9 Å². The summed E-state index contributed by atoms with van der Waals surface area (Å²) in [5.41, 5.74) is 8.90. The summed E-state index contributed by atoms with van der Waals surface area (Å²) >= 11 is 6.46. The summed E-state index contributed by atoms with van der Waals surface area (Å²) in [6.45, 7) is 5.46. The van der Waals surface area contributed by atoms with Crippen molar-refractivity contribution in [3.8, 4) is 0 Å². The second-order valence-corrected chi connectivity index (χ2v) is 5.31. The van der Waals surface area contributed by atoms with Gasteiger partial charge in [-0.2, -0.15) is 10.2 Å². The summed E-state index contributed by atoms with van der Waals surface area (Å²) in [6, 6.07) is 7.93. The molecule has 0 radical (unpaired) electrons. The molecule has 2 N–H and O–H groups in total. The van der Waals surface area contributed by atoms with Crippen LogP contribution in [-0.2, 0) is 19.5 Å². The van der Waals surface area contributed by atoms with E-state index >= 15 is 0 Å². The van der Waals surface area contributed by atoms with Crippen LogP contribution in [0.5, 0.6) is 0 Å². The van der Waals surface area contributed by atoms with Crippen LogP contribution in [0.4, 0.5) is 5.82 Å². The summed E-state index contributed by atoms with van der Waals surface area (Å²) in [4.78, 5) is 0. The van der Waals surface area contributed by atoms with Gasteiger partial charge in [0.1, 0.15) is 0 Å². The van der Waals surface area contributed by atoms with E-state index < -0.39 is 0 Å². The van der Waals surface area contributed by atoms with E-state index in [1.165, 1.54) is 0 Å². The summed E-state index contributed by atoms with van der Waals surface area (Å²) < 4.78 is 3.83. The maximum atomic E-state index is 6.46. The van der Waals surface area contributed by atoms with E-state index in [1.807, 2.05) is 33.6 Å². The number of aromatic nitrogens is 4. The van der Waals surface area contributed by atoms with E-state index in [1.54, 1.807) is 0 Å². The predicted octanol–water partition coefficient (Wildman–Crippen LogP) is 3.10. The zero-order valence-corrected chi connectivity index (χ0v) is 12.9. The standard InChI is InChI=1S/C15H18ClN5/c1-3-11-14(16)13(20(4-2)18-11)9-21-12-8-6-5-7-10(12)15(17)19-21/h5-8H,3-4,9H2,1-2H3,(H2,17,19). The van der Waals surface area contributed by atoms with Gasteiger partial charge in [-0.05, 0) is 25.5 Å². The number of hydrogen-bond acceptors (Lipinski definition) is 3. The molecule has 0 bridgehead atoms. The fourth-order valence-electron chi connectivity index (χ4n) is 2.58. The highest BCUT2D eigenvalue weighted by molar-refractivity contribution is 6.31. The van der Waals surface area contributed by atoms with Gasteiger partial charge in [0.2, 0.25) is 0 Å². The molecule has 0 aliphatic carbocycles. The molecule has 0 unspecified atom stereocenters. The van der Waals surface area contributed by atoms with Crippen molar-refractivity contribution in [2.75, 3.05) is 5.73 Å². The lowest BCUT2D eigenvalue weighted by Crippen LogP contribution is -2.09. The Morgan fingerprint density at radius 1 is 1.14 bits per heavy atom. The normalized spacial score (nSPS) is 11.4. The lowest BCUT2D eigenvalue weighted by Gasteiger charge is -2.06. The Morgan fingerprint density at radius 2 is 1.90 bits per heavy atom. The number of para-hydroxylation sites is 1. The van der Waals surface area contributed by atoms with Crippen molar-refractivity contribution < 1.29 is 0 Å². The van der Waals surface area contributed by atoms with Crippen molar-refractivity contribution in [2.24, 2.45) is 0 Å². The number of rotatable bonds is 4. The molecule has 3 aromatic rings. The summed E-state index contributed by atoms with van der Waals surface area (Å²) in [5, 5.41) is 10.7. The number of halogens is 1. The van der Waals surface area contributed by atoms with Crippen LogP contribution in [0.1, 0.15) is 25.2 Å². The zero-order chi connectivity index (χ0) is 15.0. The number of nitrogens with zero attached hydrogens (tertiary/aromatic N) is 4. The van der Waals surface area contributed by atoms with Crippen LogP contribution in [-0.4, -0.2) is 19.6 Å². The molecule has 0 amide bonds. The second-order valence-electron chi connectivity index (χ2n) is 4.94. The SMILES string of the molecule is CCc1nn(CC)c(Cn2nc(N)c3ccccc32)c1Cl. The van der Waals surface area contributed by atoms with E-state index in [2.05, 4.69) is 24.0 Å². The smallest absolute Gasteiger partial charge is 0.153 e. The number of anilines is 1. The Morgan fingerprint density at radius 3 is 2.62 bits per heavy atom. The maximum Gasteiger partial charge on any atom is 0.153 e. The number of nitrogens with two attached hydrogens (primary N) is 1. The van der Waals surface area contributed by atoms with Gasteiger partial charge in [-0.15, -0.1) is 0 Å². The average molecular weight is 304 g/mol. The number of benzene rings is 1. The molecule has 0 aliphatic heterocycles. The van der Waals surface area contributed by atoms with Crippen LogP contribution in [0, 0.1) is 0 Å². The minimum Gasteiger partial charge on any atom is -0.382 e. The van der Waals surface area contributed by atoms with Gasteiger partial charge in [-0.3, -0.25) is 9.36 Å². The largest absolute Gasteiger partial charge is 0.382 e. The van der Waals surface area contributed by atoms with Gasteiger partial charge in [0.25, 0.3) is 0 Å². The number of hydrogen-bond donors (Lipinski definition) is 1. The Balaban J connectivity index is 2.09. The second kappa shape index (κ2) is 5.41. The highest BCUT2D eigenvalue weighted by Crippen LogP contribution is 2.25. The quantitative estimate of drug-likeness (QED) is 0.805. The Kier molecular flexibility index (Phi) is 3.59. The molecule has 1 aromatic carbocycles. The zero-order valence-electron chi connectivity index (χ0n) is 12.2. The lowest BCUT2D eigenvalue weighted by atomic mass is 10.2. The number of aryl methyl sites for hydroxylation is 2. The van der Waals surface area contributed by atoms with Crippen molar-refractivity contribution in [2.45, 2.75) is 33.4 Å².